The third-order valence-electron chi connectivity index (χ3n) is 3.30. The molecule has 71 valence electrons. The quantitative estimate of drug-likeness (QED) is 0.615. The van der Waals surface area contributed by atoms with Crippen LogP contribution >= 0.6 is 0 Å². The van der Waals surface area contributed by atoms with E-state index in [9.17, 15) is 0 Å². The first kappa shape index (κ1) is 10.0. The molecule has 0 spiro atoms. The van der Waals surface area contributed by atoms with Crippen molar-refractivity contribution in [2.24, 2.45) is 11.8 Å². The van der Waals surface area contributed by atoms with Crippen LogP contribution in [0.3, 0.4) is 0 Å². The first-order valence-electron chi connectivity index (χ1n) is 5.48. The van der Waals surface area contributed by atoms with Gasteiger partial charge in [0, 0.05) is 12.6 Å². The lowest BCUT2D eigenvalue weighted by Crippen LogP contribution is -2.39. The monoisotopic (exact) mass is 168 g/mol. The zero-order chi connectivity index (χ0) is 8.97. The second kappa shape index (κ2) is 4.86. The van der Waals surface area contributed by atoms with Gasteiger partial charge in [0.1, 0.15) is 0 Å². The molecule has 1 saturated heterocycles. The van der Waals surface area contributed by atoms with Gasteiger partial charge in [-0.15, -0.1) is 0 Å². The zero-order valence-corrected chi connectivity index (χ0v) is 8.71. The smallest absolute Gasteiger partial charge is 0.0271 e. The summed E-state index contributed by atoms with van der Waals surface area (Å²) in [5.74, 6) is 1.77. The van der Waals surface area contributed by atoms with Crippen molar-refractivity contribution in [3.05, 3.63) is 0 Å². The summed E-state index contributed by atoms with van der Waals surface area (Å²) in [6, 6.07) is 0.679. The molecular formula is C11H22N. The molecule has 1 nitrogen and oxygen atoms in total. The van der Waals surface area contributed by atoms with Crippen LogP contribution < -0.4 is 5.32 Å². The van der Waals surface area contributed by atoms with Crippen LogP contribution in [0.25, 0.3) is 0 Å². The molecule has 1 radical (unpaired) electrons. The van der Waals surface area contributed by atoms with Crippen molar-refractivity contribution in [2.75, 3.05) is 6.54 Å². The second-order valence-electron chi connectivity index (χ2n) is 4.02. The van der Waals surface area contributed by atoms with E-state index in [1.165, 1.54) is 25.7 Å². The Morgan fingerprint density at radius 2 is 1.83 bits per heavy atom. The highest BCUT2D eigenvalue weighted by Gasteiger charge is 2.27. The van der Waals surface area contributed by atoms with Crippen LogP contribution in [-0.2, 0) is 0 Å². The van der Waals surface area contributed by atoms with Crippen LogP contribution in [0.4, 0.5) is 0 Å². The fourth-order valence-electron chi connectivity index (χ4n) is 2.29. The standard InChI is InChI=1S/C11H22N/c1-4-9-7-10(5-2)11(6-3)12-8-9/h9-11H,4-8H2,1-3H3. The van der Waals surface area contributed by atoms with Gasteiger partial charge in [-0.3, -0.25) is 0 Å². The average molecular weight is 168 g/mol. The Labute approximate surface area is 76.9 Å². The summed E-state index contributed by atoms with van der Waals surface area (Å²) in [5, 5.41) is 4.75. The van der Waals surface area contributed by atoms with E-state index in [1.807, 2.05) is 0 Å². The largest absolute Gasteiger partial charge is 0.238 e. The van der Waals surface area contributed by atoms with Gasteiger partial charge in [0.2, 0.25) is 0 Å². The molecular weight excluding hydrogens is 146 g/mol. The average Bonchev–Trinajstić information content (AvgIpc) is 2.16. The van der Waals surface area contributed by atoms with Gasteiger partial charge in [0.15, 0.2) is 0 Å². The second-order valence-corrected chi connectivity index (χ2v) is 4.02. The minimum Gasteiger partial charge on any atom is -0.238 e. The van der Waals surface area contributed by atoms with Crippen LogP contribution in [0.1, 0.15) is 46.5 Å². The van der Waals surface area contributed by atoms with Gasteiger partial charge in [-0.05, 0) is 24.7 Å². The number of hydrogen-bond donors (Lipinski definition) is 0. The number of piperidine rings is 1. The molecule has 1 aliphatic heterocycles. The minimum atomic E-state index is 0.679. The van der Waals surface area contributed by atoms with E-state index in [2.05, 4.69) is 20.8 Å². The highest BCUT2D eigenvalue weighted by atomic mass is 14.9. The van der Waals surface area contributed by atoms with Crippen LogP contribution in [0.15, 0.2) is 0 Å². The molecule has 3 unspecified atom stereocenters. The van der Waals surface area contributed by atoms with E-state index in [1.54, 1.807) is 0 Å². The maximum absolute atomic E-state index is 4.75. The SMILES string of the molecule is CCC1C[N]C(CC)C(CC)C1. The van der Waals surface area contributed by atoms with Crippen molar-refractivity contribution in [1.29, 1.82) is 0 Å². The maximum Gasteiger partial charge on any atom is 0.0271 e. The molecule has 0 bridgehead atoms. The maximum atomic E-state index is 4.75. The summed E-state index contributed by atoms with van der Waals surface area (Å²) in [7, 11) is 0. The van der Waals surface area contributed by atoms with Crippen molar-refractivity contribution in [3.8, 4) is 0 Å². The van der Waals surface area contributed by atoms with Crippen molar-refractivity contribution in [3.63, 3.8) is 0 Å². The van der Waals surface area contributed by atoms with E-state index in [0.717, 1.165) is 18.4 Å². The summed E-state index contributed by atoms with van der Waals surface area (Å²) < 4.78 is 0. The molecule has 1 rings (SSSR count). The van der Waals surface area contributed by atoms with E-state index < -0.39 is 0 Å². The van der Waals surface area contributed by atoms with E-state index in [4.69, 9.17) is 5.32 Å². The summed E-state index contributed by atoms with van der Waals surface area (Å²) in [4.78, 5) is 0. The predicted octanol–water partition coefficient (Wildman–Crippen LogP) is 2.83. The third kappa shape index (κ3) is 2.22. The van der Waals surface area contributed by atoms with Crippen molar-refractivity contribution < 1.29 is 0 Å². The summed E-state index contributed by atoms with van der Waals surface area (Å²) in [6.07, 6.45) is 5.30. The molecule has 3 atom stereocenters. The number of nitrogens with zero attached hydrogens (tertiary/aromatic N) is 1. The Hall–Kier alpha value is -0.0400. The Balaban J connectivity index is 2.41. The fourth-order valence-corrected chi connectivity index (χ4v) is 2.29. The lowest BCUT2D eigenvalue weighted by Gasteiger charge is -2.34. The van der Waals surface area contributed by atoms with E-state index >= 15 is 0 Å². The molecule has 0 aromatic carbocycles. The molecule has 1 fully saturated rings. The van der Waals surface area contributed by atoms with E-state index in [0.29, 0.717) is 6.04 Å². The molecule has 0 saturated carbocycles. The van der Waals surface area contributed by atoms with Crippen LogP contribution in [0.2, 0.25) is 0 Å². The van der Waals surface area contributed by atoms with Gasteiger partial charge in [-0.2, -0.15) is 0 Å². The molecule has 1 aliphatic rings. The minimum absolute atomic E-state index is 0.679. The highest BCUT2D eigenvalue weighted by Crippen LogP contribution is 2.28. The molecule has 0 amide bonds. The number of hydrogen-bond acceptors (Lipinski definition) is 0. The van der Waals surface area contributed by atoms with Gasteiger partial charge in [-0.25, -0.2) is 5.32 Å². The molecule has 1 heterocycles. The molecule has 1 heteroatoms. The summed E-state index contributed by atoms with van der Waals surface area (Å²) in [5.41, 5.74) is 0. The van der Waals surface area contributed by atoms with Crippen LogP contribution in [0, 0.1) is 11.8 Å². The van der Waals surface area contributed by atoms with Gasteiger partial charge in [0.05, 0.1) is 0 Å². The third-order valence-corrected chi connectivity index (χ3v) is 3.30. The van der Waals surface area contributed by atoms with Gasteiger partial charge in [-0.1, -0.05) is 33.6 Å². The van der Waals surface area contributed by atoms with Gasteiger partial charge >= 0.3 is 0 Å². The topological polar surface area (TPSA) is 14.1 Å². The molecule has 0 aliphatic carbocycles. The Kier molecular flexibility index (Phi) is 4.07. The highest BCUT2D eigenvalue weighted by molar-refractivity contribution is 4.82. The predicted molar refractivity (Wildman–Crippen MR) is 53.3 cm³/mol. The van der Waals surface area contributed by atoms with Crippen LogP contribution in [-0.4, -0.2) is 12.6 Å². The number of rotatable bonds is 3. The van der Waals surface area contributed by atoms with Crippen LogP contribution in [0.5, 0.6) is 0 Å². The van der Waals surface area contributed by atoms with Crippen molar-refractivity contribution in [1.82, 2.24) is 5.32 Å². The lowest BCUT2D eigenvalue weighted by molar-refractivity contribution is 0.199. The first-order chi connectivity index (χ1) is 5.81. The molecule has 0 aromatic rings. The molecule has 0 N–H and O–H groups in total. The van der Waals surface area contributed by atoms with Gasteiger partial charge < -0.3 is 0 Å². The Morgan fingerprint density at radius 1 is 1.08 bits per heavy atom. The molecule has 0 aromatic heterocycles. The first-order valence-corrected chi connectivity index (χ1v) is 5.48. The summed E-state index contributed by atoms with van der Waals surface area (Å²) >= 11 is 0. The van der Waals surface area contributed by atoms with Crippen molar-refractivity contribution in [2.45, 2.75) is 52.5 Å². The molecule has 12 heavy (non-hydrogen) atoms. The summed E-state index contributed by atoms with van der Waals surface area (Å²) in [6.45, 7) is 7.99. The Morgan fingerprint density at radius 3 is 2.33 bits per heavy atom. The zero-order valence-electron chi connectivity index (χ0n) is 8.71. The lowest BCUT2D eigenvalue weighted by atomic mass is 9.81. The Bertz CT molecular complexity index is 122. The normalized spacial score (nSPS) is 36.8. The van der Waals surface area contributed by atoms with E-state index in [-0.39, 0.29) is 0 Å². The van der Waals surface area contributed by atoms with Gasteiger partial charge in [0.25, 0.3) is 0 Å². The fraction of sp³-hybridized carbons (Fsp3) is 1.00. The van der Waals surface area contributed by atoms with Crippen molar-refractivity contribution >= 4 is 0 Å².